The molecule has 0 saturated carbocycles. The summed E-state index contributed by atoms with van der Waals surface area (Å²) >= 11 is 0. The Balaban J connectivity index is 2.76. The molecule has 100 valence electrons. The van der Waals surface area contributed by atoms with E-state index in [1.54, 1.807) is 6.07 Å². The third kappa shape index (κ3) is 3.90. The van der Waals surface area contributed by atoms with Gasteiger partial charge in [-0.2, -0.15) is 0 Å². The summed E-state index contributed by atoms with van der Waals surface area (Å²) in [5.74, 6) is -0.386. The zero-order chi connectivity index (χ0) is 13.8. The lowest BCUT2D eigenvalue weighted by Crippen LogP contribution is -2.16. The molecule has 7 nitrogen and oxygen atoms in total. The van der Waals surface area contributed by atoms with E-state index in [0.29, 0.717) is 18.7 Å². The Morgan fingerprint density at radius 1 is 1.33 bits per heavy atom. The Bertz CT molecular complexity index is 542. The fraction of sp³-hybridized carbons (Fsp3) is 0.300. The maximum absolute atomic E-state index is 11.2. The number of carbonyl (C=O) groups excluding carboxylic acids is 1. The Morgan fingerprint density at radius 3 is 2.56 bits per heavy atom. The molecule has 1 aromatic carbocycles. The Hall–Kier alpha value is -1.80. The highest BCUT2D eigenvalue weighted by Crippen LogP contribution is 2.25. The highest BCUT2D eigenvalue weighted by atomic mass is 32.2. The van der Waals surface area contributed by atoms with Gasteiger partial charge in [0, 0.05) is 13.0 Å². The molecule has 0 aromatic heterocycles. The van der Waals surface area contributed by atoms with Gasteiger partial charge < -0.3 is 16.8 Å². The van der Waals surface area contributed by atoms with Crippen molar-refractivity contribution in [2.24, 2.45) is 10.9 Å². The predicted octanol–water partition coefficient (Wildman–Crippen LogP) is -0.406. The van der Waals surface area contributed by atoms with E-state index in [1.807, 2.05) is 0 Å². The van der Waals surface area contributed by atoms with Crippen molar-refractivity contribution in [2.45, 2.75) is 17.7 Å². The van der Waals surface area contributed by atoms with E-state index in [0.717, 1.165) is 0 Å². The standard InChI is InChI=1S/C10H16N4O3S/c11-9(15)5-2-6-14-7-3-1-4-8(10(7)12)18(13,16)17/h1,3-4,14H,2,5-6,12H2,(H2,11,15)(H2,13,16,17). The SMILES string of the molecule is NC(=O)CCCNc1cccc(S(N)(=O)=O)c1N. The van der Waals surface area contributed by atoms with Crippen LogP contribution in [0, 0.1) is 0 Å². The van der Waals surface area contributed by atoms with Gasteiger partial charge in [0.05, 0.1) is 11.4 Å². The van der Waals surface area contributed by atoms with Crippen LogP contribution >= 0.6 is 0 Å². The number of rotatable bonds is 6. The van der Waals surface area contributed by atoms with Gasteiger partial charge >= 0.3 is 0 Å². The summed E-state index contributed by atoms with van der Waals surface area (Å²) in [7, 11) is -3.84. The molecule has 0 saturated heterocycles. The fourth-order valence-corrected chi connectivity index (χ4v) is 2.12. The summed E-state index contributed by atoms with van der Waals surface area (Å²) < 4.78 is 22.5. The first-order valence-electron chi connectivity index (χ1n) is 5.26. The molecule has 1 rings (SSSR count). The number of primary sulfonamides is 1. The van der Waals surface area contributed by atoms with Crippen LogP contribution in [0.2, 0.25) is 0 Å². The van der Waals surface area contributed by atoms with Gasteiger partial charge in [0.25, 0.3) is 0 Å². The van der Waals surface area contributed by atoms with Crippen molar-refractivity contribution >= 4 is 27.3 Å². The van der Waals surface area contributed by atoms with E-state index >= 15 is 0 Å². The molecule has 0 heterocycles. The van der Waals surface area contributed by atoms with Crippen LogP contribution < -0.4 is 21.9 Å². The second kappa shape index (κ2) is 5.69. The van der Waals surface area contributed by atoms with Crippen molar-refractivity contribution in [1.82, 2.24) is 0 Å². The largest absolute Gasteiger partial charge is 0.396 e. The minimum absolute atomic E-state index is 0.0686. The average molecular weight is 272 g/mol. The molecule has 0 fully saturated rings. The molecule has 0 aliphatic rings. The van der Waals surface area contributed by atoms with Crippen molar-refractivity contribution in [3.63, 3.8) is 0 Å². The molecule has 0 radical (unpaired) electrons. The van der Waals surface area contributed by atoms with Crippen LogP contribution in [0.25, 0.3) is 0 Å². The first kappa shape index (κ1) is 14.3. The molecular weight excluding hydrogens is 256 g/mol. The molecule has 0 spiro atoms. The molecule has 0 atom stereocenters. The van der Waals surface area contributed by atoms with Crippen LogP contribution in [0.4, 0.5) is 11.4 Å². The van der Waals surface area contributed by atoms with Crippen LogP contribution in [0.1, 0.15) is 12.8 Å². The lowest BCUT2D eigenvalue weighted by molar-refractivity contribution is -0.118. The number of nitrogen functional groups attached to an aromatic ring is 1. The quantitative estimate of drug-likeness (QED) is 0.411. The minimum Gasteiger partial charge on any atom is -0.396 e. The number of hydrogen-bond acceptors (Lipinski definition) is 5. The summed E-state index contributed by atoms with van der Waals surface area (Å²) in [5, 5.41) is 7.95. The second-order valence-electron chi connectivity index (χ2n) is 3.76. The van der Waals surface area contributed by atoms with Crippen LogP contribution in [0.5, 0.6) is 0 Å². The molecule has 1 amide bonds. The normalized spacial score (nSPS) is 11.2. The van der Waals surface area contributed by atoms with Crippen molar-refractivity contribution in [2.75, 3.05) is 17.6 Å². The molecule has 7 N–H and O–H groups in total. The van der Waals surface area contributed by atoms with Crippen LogP contribution in [-0.2, 0) is 14.8 Å². The van der Waals surface area contributed by atoms with E-state index < -0.39 is 10.0 Å². The second-order valence-corrected chi connectivity index (χ2v) is 5.29. The molecule has 0 unspecified atom stereocenters. The molecule has 1 aromatic rings. The fourth-order valence-electron chi connectivity index (χ4n) is 1.43. The number of amides is 1. The maximum atomic E-state index is 11.2. The summed E-state index contributed by atoms with van der Waals surface area (Å²) in [6, 6.07) is 4.50. The van der Waals surface area contributed by atoms with E-state index in [2.05, 4.69) is 5.32 Å². The van der Waals surface area contributed by atoms with E-state index in [-0.39, 0.29) is 22.9 Å². The van der Waals surface area contributed by atoms with Gasteiger partial charge in [-0.25, -0.2) is 13.6 Å². The molecule has 18 heavy (non-hydrogen) atoms. The number of anilines is 2. The monoisotopic (exact) mass is 272 g/mol. The Kier molecular flexibility index (Phi) is 4.51. The molecule has 0 aliphatic carbocycles. The van der Waals surface area contributed by atoms with Gasteiger partial charge in [-0.1, -0.05) is 6.07 Å². The van der Waals surface area contributed by atoms with Crippen molar-refractivity contribution < 1.29 is 13.2 Å². The van der Waals surface area contributed by atoms with Crippen molar-refractivity contribution in [3.05, 3.63) is 18.2 Å². The predicted molar refractivity (Wildman–Crippen MR) is 69.1 cm³/mol. The number of nitrogens with two attached hydrogens (primary N) is 3. The number of sulfonamides is 1. The molecule has 0 aliphatic heterocycles. The molecular formula is C10H16N4O3S. The van der Waals surface area contributed by atoms with Crippen LogP contribution in [-0.4, -0.2) is 20.9 Å². The lowest BCUT2D eigenvalue weighted by atomic mass is 10.2. The van der Waals surface area contributed by atoms with Gasteiger partial charge in [0.1, 0.15) is 4.90 Å². The molecule has 8 heteroatoms. The lowest BCUT2D eigenvalue weighted by Gasteiger charge is -2.11. The number of para-hydroxylation sites is 1. The topological polar surface area (TPSA) is 141 Å². The third-order valence-electron chi connectivity index (χ3n) is 2.29. The summed E-state index contributed by atoms with van der Waals surface area (Å²) in [6.07, 6.45) is 0.788. The Labute approximate surface area is 105 Å². The van der Waals surface area contributed by atoms with E-state index in [1.165, 1.54) is 12.1 Å². The zero-order valence-electron chi connectivity index (χ0n) is 9.72. The maximum Gasteiger partial charge on any atom is 0.240 e. The number of hydrogen-bond donors (Lipinski definition) is 4. The van der Waals surface area contributed by atoms with Gasteiger partial charge in [-0.15, -0.1) is 0 Å². The number of primary amides is 1. The van der Waals surface area contributed by atoms with E-state index in [4.69, 9.17) is 16.6 Å². The van der Waals surface area contributed by atoms with Gasteiger partial charge in [-0.3, -0.25) is 4.79 Å². The summed E-state index contributed by atoms with van der Waals surface area (Å²) in [4.78, 5) is 10.4. The highest BCUT2D eigenvalue weighted by molar-refractivity contribution is 7.89. The van der Waals surface area contributed by atoms with Crippen LogP contribution in [0.3, 0.4) is 0 Å². The number of nitrogens with one attached hydrogen (secondary N) is 1. The highest BCUT2D eigenvalue weighted by Gasteiger charge is 2.14. The van der Waals surface area contributed by atoms with Crippen molar-refractivity contribution in [3.8, 4) is 0 Å². The number of carbonyl (C=O) groups is 1. The van der Waals surface area contributed by atoms with Crippen LogP contribution in [0.15, 0.2) is 23.1 Å². The Morgan fingerprint density at radius 2 is 2.00 bits per heavy atom. The first-order chi connectivity index (χ1) is 8.32. The summed E-state index contributed by atoms with van der Waals surface area (Å²) in [6.45, 7) is 0.460. The van der Waals surface area contributed by atoms with Crippen molar-refractivity contribution in [1.29, 1.82) is 0 Å². The average Bonchev–Trinajstić information content (AvgIpc) is 2.24. The number of benzene rings is 1. The van der Waals surface area contributed by atoms with E-state index in [9.17, 15) is 13.2 Å². The van der Waals surface area contributed by atoms with Gasteiger partial charge in [0.2, 0.25) is 15.9 Å². The minimum atomic E-state index is -3.84. The summed E-state index contributed by atoms with van der Waals surface area (Å²) in [5.41, 5.74) is 11.2. The smallest absolute Gasteiger partial charge is 0.240 e. The first-order valence-corrected chi connectivity index (χ1v) is 6.80. The third-order valence-corrected chi connectivity index (χ3v) is 3.26. The van der Waals surface area contributed by atoms with Gasteiger partial charge in [0.15, 0.2) is 0 Å². The molecule has 0 bridgehead atoms. The zero-order valence-corrected chi connectivity index (χ0v) is 10.5. The van der Waals surface area contributed by atoms with Gasteiger partial charge in [-0.05, 0) is 18.6 Å².